The van der Waals surface area contributed by atoms with Crippen molar-refractivity contribution in [3.05, 3.63) is 59.2 Å². The first-order chi connectivity index (χ1) is 10.6. The lowest BCUT2D eigenvalue weighted by Gasteiger charge is -1.99. The van der Waals surface area contributed by atoms with Crippen molar-refractivity contribution in [2.75, 3.05) is 0 Å². The zero-order chi connectivity index (χ0) is 15.9. The zero-order valence-electron chi connectivity index (χ0n) is 14.9. The standard InChI is InChI=1S/C20H26N2.2ClH/c1-5-19-11-9-17(3)21(15-19)13-7-8-14-22-16-20(6-2)12-10-18(22)4;;/h9-12,15-16H,5-6,13-14H2,1-4H3;2*1H/q+2;;/p-2. The van der Waals surface area contributed by atoms with Gasteiger partial charge in [-0.2, -0.15) is 9.13 Å². The van der Waals surface area contributed by atoms with Crippen LogP contribution in [-0.2, 0) is 25.9 Å². The van der Waals surface area contributed by atoms with E-state index in [0.29, 0.717) is 0 Å². The van der Waals surface area contributed by atoms with Crippen LogP contribution in [0.25, 0.3) is 0 Å². The van der Waals surface area contributed by atoms with Crippen LogP contribution in [0.3, 0.4) is 0 Å². The van der Waals surface area contributed by atoms with Crippen molar-refractivity contribution in [1.29, 1.82) is 0 Å². The molecule has 0 aliphatic heterocycles. The number of rotatable bonds is 4. The van der Waals surface area contributed by atoms with Gasteiger partial charge in [0.1, 0.15) is 0 Å². The lowest BCUT2D eigenvalue weighted by atomic mass is 10.2. The summed E-state index contributed by atoms with van der Waals surface area (Å²) in [7, 11) is 0. The molecule has 4 heteroatoms. The summed E-state index contributed by atoms with van der Waals surface area (Å²) in [5, 5.41) is 0. The van der Waals surface area contributed by atoms with Crippen molar-refractivity contribution < 1.29 is 33.9 Å². The molecule has 2 heterocycles. The molecule has 0 unspecified atom stereocenters. The molecular weight excluding hydrogens is 339 g/mol. The van der Waals surface area contributed by atoms with Gasteiger partial charge in [0.15, 0.2) is 23.8 Å². The lowest BCUT2D eigenvalue weighted by Crippen LogP contribution is -3.00. The Labute approximate surface area is 158 Å². The Morgan fingerprint density at radius 1 is 0.708 bits per heavy atom. The van der Waals surface area contributed by atoms with Crippen LogP contribution in [-0.4, -0.2) is 0 Å². The van der Waals surface area contributed by atoms with Crippen LogP contribution in [0.1, 0.15) is 36.4 Å². The van der Waals surface area contributed by atoms with Crippen molar-refractivity contribution >= 4 is 0 Å². The van der Waals surface area contributed by atoms with Crippen LogP contribution in [0.5, 0.6) is 0 Å². The van der Waals surface area contributed by atoms with Gasteiger partial charge in [-0.1, -0.05) is 13.8 Å². The minimum absolute atomic E-state index is 0. The fourth-order valence-electron chi connectivity index (χ4n) is 2.38. The SMILES string of the molecule is CCc1ccc(C)[n+](CC#CC[n+]2cc(CC)ccc2C)c1.[Cl-].[Cl-]. The van der Waals surface area contributed by atoms with Gasteiger partial charge in [0.2, 0.25) is 13.1 Å². The summed E-state index contributed by atoms with van der Waals surface area (Å²) in [6.45, 7) is 10.1. The maximum absolute atomic E-state index is 3.30. The van der Waals surface area contributed by atoms with Gasteiger partial charge >= 0.3 is 0 Å². The van der Waals surface area contributed by atoms with E-state index in [4.69, 9.17) is 0 Å². The Hall–Kier alpha value is -1.56. The zero-order valence-corrected chi connectivity index (χ0v) is 16.5. The first-order valence-corrected chi connectivity index (χ1v) is 8.07. The molecule has 130 valence electrons. The third-order valence-corrected chi connectivity index (χ3v) is 4.07. The van der Waals surface area contributed by atoms with Gasteiger partial charge in [-0.05, 0) is 36.8 Å². The molecule has 0 fully saturated rings. The van der Waals surface area contributed by atoms with Crippen molar-refractivity contribution in [3.8, 4) is 11.8 Å². The largest absolute Gasteiger partial charge is 1.00 e. The summed E-state index contributed by atoms with van der Waals surface area (Å²) < 4.78 is 4.46. The van der Waals surface area contributed by atoms with E-state index >= 15 is 0 Å². The van der Waals surface area contributed by atoms with Gasteiger partial charge in [-0.15, -0.1) is 0 Å². The highest BCUT2D eigenvalue weighted by atomic mass is 35.5. The fourth-order valence-corrected chi connectivity index (χ4v) is 2.38. The van der Waals surface area contributed by atoms with E-state index in [-0.39, 0.29) is 24.8 Å². The van der Waals surface area contributed by atoms with Gasteiger partial charge in [0.25, 0.3) is 0 Å². The van der Waals surface area contributed by atoms with E-state index in [2.05, 4.69) is 85.3 Å². The van der Waals surface area contributed by atoms with Gasteiger partial charge in [-0.3, -0.25) is 0 Å². The molecule has 0 amide bonds. The maximum Gasteiger partial charge on any atom is 0.209 e. The van der Waals surface area contributed by atoms with Crippen LogP contribution in [0, 0.1) is 25.7 Å². The highest BCUT2D eigenvalue weighted by Gasteiger charge is 2.06. The molecule has 2 aromatic rings. The monoisotopic (exact) mass is 364 g/mol. The third kappa shape index (κ3) is 6.15. The van der Waals surface area contributed by atoms with Crippen LogP contribution in [0.2, 0.25) is 0 Å². The first kappa shape index (κ1) is 22.4. The van der Waals surface area contributed by atoms with Crippen molar-refractivity contribution in [3.63, 3.8) is 0 Å². The second-order valence-electron chi connectivity index (χ2n) is 5.67. The number of halogens is 2. The van der Waals surface area contributed by atoms with E-state index in [1.807, 2.05) is 0 Å². The summed E-state index contributed by atoms with van der Waals surface area (Å²) in [5.74, 6) is 6.60. The predicted molar refractivity (Wildman–Crippen MR) is 89.3 cm³/mol. The molecular formula is C20H26Cl2N2. The fraction of sp³-hybridized carbons (Fsp3) is 0.400. The Bertz CT molecular complexity index is 656. The summed E-state index contributed by atoms with van der Waals surface area (Å²) >= 11 is 0. The first-order valence-electron chi connectivity index (χ1n) is 8.07. The second kappa shape index (κ2) is 11.1. The Kier molecular flexibility index (Phi) is 10.4. The quantitative estimate of drug-likeness (QED) is 0.397. The molecule has 0 atom stereocenters. The molecule has 2 aromatic heterocycles. The molecule has 0 saturated carbocycles. The number of hydrogen-bond acceptors (Lipinski definition) is 0. The van der Waals surface area contributed by atoms with Gasteiger partial charge < -0.3 is 24.8 Å². The molecule has 0 aromatic carbocycles. The highest BCUT2D eigenvalue weighted by molar-refractivity contribution is 5.10. The van der Waals surface area contributed by atoms with Crippen molar-refractivity contribution in [2.24, 2.45) is 0 Å². The third-order valence-electron chi connectivity index (χ3n) is 4.07. The van der Waals surface area contributed by atoms with E-state index in [1.54, 1.807) is 0 Å². The number of aromatic nitrogens is 2. The smallest absolute Gasteiger partial charge is 0.209 e. The molecule has 2 nitrogen and oxygen atoms in total. The number of nitrogens with zero attached hydrogens (tertiary/aromatic N) is 2. The summed E-state index contributed by atoms with van der Waals surface area (Å²) in [4.78, 5) is 0. The predicted octanol–water partition coefficient (Wildman–Crippen LogP) is -3.29. The van der Waals surface area contributed by atoms with Crippen molar-refractivity contribution in [1.82, 2.24) is 0 Å². The number of pyridine rings is 2. The average molecular weight is 365 g/mol. The Balaban J connectivity index is 0.00000264. The molecule has 2 rings (SSSR count). The molecule has 0 bridgehead atoms. The van der Waals surface area contributed by atoms with Crippen LogP contribution in [0.15, 0.2) is 36.7 Å². The molecule has 0 aliphatic carbocycles. The van der Waals surface area contributed by atoms with E-state index in [9.17, 15) is 0 Å². The molecule has 24 heavy (non-hydrogen) atoms. The molecule has 0 radical (unpaired) electrons. The topological polar surface area (TPSA) is 7.76 Å². The molecule has 0 aliphatic rings. The Morgan fingerprint density at radius 3 is 1.42 bits per heavy atom. The Morgan fingerprint density at radius 2 is 1.08 bits per heavy atom. The van der Waals surface area contributed by atoms with E-state index in [0.717, 1.165) is 25.9 Å². The van der Waals surface area contributed by atoms with Crippen LogP contribution >= 0.6 is 0 Å². The number of aryl methyl sites for hydroxylation is 4. The molecule has 0 spiro atoms. The van der Waals surface area contributed by atoms with Crippen LogP contribution in [0.4, 0.5) is 0 Å². The summed E-state index contributed by atoms with van der Waals surface area (Å²) in [6, 6.07) is 8.72. The minimum Gasteiger partial charge on any atom is -1.00 e. The van der Waals surface area contributed by atoms with Crippen molar-refractivity contribution in [2.45, 2.75) is 53.6 Å². The second-order valence-corrected chi connectivity index (χ2v) is 5.67. The lowest BCUT2D eigenvalue weighted by molar-refractivity contribution is -0.693. The van der Waals surface area contributed by atoms with E-state index in [1.165, 1.54) is 22.5 Å². The van der Waals surface area contributed by atoms with E-state index < -0.39 is 0 Å². The average Bonchev–Trinajstić information content (AvgIpc) is 2.54. The van der Waals surface area contributed by atoms with Gasteiger partial charge in [0, 0.05) is 37.1 Å². The summed E-state index contributed by atoms with van der Waals surface area (Å²) in [6.07, 6.45) is 6.54. The minimum atomic E-state index is 0. The molecule has 0 N–H and O–H groups in total. The normalized spacial score (nSPS) is 9.33. The van der Waals surface area contributed by atoms with Gasteiger partial charge in [-0.25, -0.2) is 0 Å². The number of hydrogen-bond donors (Lipinski definition) is 0. The van der Waals surface area contributed by atoms with Crippen LogP contribution < -0.4 is 33.9 Å². The van der Waals surface area contributed by atoms with Gasteiger partial charge in [0.05, 0.1) is 0 Å². The molecule has 0 saturated heterocycles. The summed E-state index contributed by atoms with van der Waals surface area (Å²) in [5.41, 5.74) is 5.22. The maximum atomic E-state index is 3.30. The highest BCUT2D eigenvalue weighted by Crippen LogP contribution is 1.99.